The van der Waals surface area contributed by atoms with E-state index in [1.165, 1.54) is 6.07 Å². The van der Waals surface area contributed by atoms with Gasteiger partial charge in [-0.1, -0.05) is 13.8 Å². The highest BCUT2D eigenvalue weighted by molar-refractivity contribution is 5.84. The zero-order chi connectivity index (χ0) is 13.1. The first-order chi connectivity index (χ1) is 8.56. The van der Waals surface area contributed by atoms with Gasteiger partial charge in [0.05, 0.1) is 0 Å². The van der Waals surface area contributed by atoms with E-state index in [-0.39, 0.29) is 23.4 Å². The highest BCUT2D eigenvalue weighted by atomic mass is 16.2. The smallest absolute Gasteiger partial charge is 0.252 e. The second kappa shape index (κ2) is 5.20. The third-order valence-corrected chi connectivity index (χ3v) is 2.91. The number of amides is 1. The van der Waals surface area contributed by atoms with Gasteiger partial charge in [0.1, 0.15) is 17.7 Å². The molecule has 0 bridgehead atoms. The number of nitrogens with zero attached hydrogens (tertiary/aromatic N) is 1. The van der Waals surface area contributed by atoms with Crippen molar-refractivity contribution in [2.75, 3.05) is 11.9 Å². The Morgan fingerprint density at radius 1 is 1.44 bits per heavy atom. The van der Waals surface area contributed by atoms with Gasteiger partial charge in [0.2, 0.25) is 5.91 Å². The second-order valence-corrected chi connectivity index (χ2v) is 4.80. The SMILES string of the molecule is CC(C)c1nc(NC2CCCNC2=O)cc(=O)[nH]1. The summed E-state index contributed by atoms with van der Waals surface area (Å²) in [6, 6.07) is 1.08. The summed E-state index contributed by atoms with van der Waals surface area (Å²) in [7, 11) is 0. The molecule has 0 saturated carbocycles. The van der Waals surface area contributed by atoms with Crippen LogP contribution in [0.5, 0.6) is 0 Å². The average molecular weight is 250 g/mol. The molecule has 98 valence electrons. The summed E-state index contributed by atoms with van der Waals surface area (Å²) in [5.74, 6) is 1.19. The van der Waals surface area contributed by atoms with Crippen LogP contribution < -0.4 is 16.2 Å². The summed E-state index contributed by atoms with van der Waals surface area (Å²) >= 11 is 0. The minimum Gasteiger partial charge on any atom is -0.358 e. The van der Waals surface area contributed by atoms with Crippen LogP contribution in [0.4, 0.5) is 5.82 Å². The van der Waals surface area contributed by atoms with Gasteiger partial charge in [0.25, 0.3) is 5.56 Å². The summed E-state index contributed by atoms with van der Waals surface area (Å²) in [6.45, 7) is 4.63. The lowest BCUT2D eigenvalue weighted by Crippen LogP contribution is -2.44. The molecule has 0 spiro atoms. The first-order valence-electron chi connectivity index (χ1n) is 6.22. The Kier molecular flexibility index (Phi) is 3.64. The Morgan fingerprint density at radius 2 is 2.22 bits per heavy atom. The zero-order valence-corrected chi connectivity index (χ0v) is 10.6. The molecule has 6 heteroatoms. The van der Waals surface area contributed by atoms with Crippen molar-refractivity contribution >= 4 is 11.7 Å². The van der Waals surface area contributed by atoms with E-state index in [1.807, 2.05) is 13.8 Å². The maximum atomic E-state index is 11.6. The number of H-pyrrole nitrogens is 1. The zero-order valence-electron chi connectivity index (χ0n) is 10.6. The minimum atomic E-state index is -0.298. The maximum absolute atomic E-state index is 11.6. The molecule has 1 aliphatic rings. The van der Waals surface area contributed by atoms with Crippen molar-refractivity contribution < 1.29 is 4.79 Å². The molecule has 2 rings (SSSR count). The largest absolute Gasteiger partial charge is 0.358 e. The monoisotopic (exact) mass is 250 g/mol. The first kappa shape index (κ1) is 12.6. The molecule has 1 atom stereocenters. The second-order valence-electron chi connectivity index (χ2n) is 4.80. The number of piperidine rings is 1. The summed E-state index contributed by atoms with van der Waals surface area (Å²) < 4.78 is 0. The number of carbonyl (C=O) groups is 1. The minimum absolute atomic E-state index is 0.0329. The number of aromatic amines is 1. The van der Waals surface area contributed by atoms with Crippen molar-refractivity contribution in [1.29, 1.82) is 0 Å². The van der Waals surface area contributed by atoms with Crippen LogP contribution in [0.2, 0.25) is 0 Å². The molecule has 0 aliphatic carbocycles. The van der Waals surface area contributed by atoms with Gasteiger partial charge in [0, 0.05) is 18.5 Å². The molecule has 1 unspecified atom stereocenters. The molecule has 1 aliphatic heterocycles. The lowest BCUT2D eigenvalue weighted by molar-refractivity contribution is -0.123. The number of nitrogens with one attached hydrogen (secondary N) is 3. The van der Waals surface area contributed by atoms with Crippen molar-refractivity contribution in [3.63, 3.8) is 0 Å². The first-order valence-corrected chi connectivity index (χ1v) is 6.22. The van der Waals surface area contributed by atoms with Gasteiger partial charge in [0.15, 0.2) is 0 Å². The summed E-state index contributed by atoms with van der Waals surface area (Å²) in [4.78, 5) is 30.1. The van der Waals surface area contributed by atoms with Gasteiger partial charge in [-0.3, -0.25) is 9.59 Å². The van der Waals surface area contributed by atoms with Gasteiger partial charge in [-0.15, -0.1) is 0 Å². The number of anilines is 1. The third-order valence-electron chi connectivity index (χ3n) is 2.91. The molecule has 6 nitrogen and oxygen atoms in total. The van der Waals surface area contributed by atoms with E-state index in [2.05, 4.69) is 20.6 Å². The molecule has 2 heterocycles. The van der Waals surface area contributed by atoms with Crippen LogP contribution in [0.25, 0.3) is 0 Å². The fourth-order valence-electron chi connectivity index (χ4n) is 1.91. The summed E-state index contributed by atoms with van der Waals surface area (Å²) in [6.07, 6.45) is 1.70. The van der Waals surface area contributed by atoms with Crippen LogP contribution in [0.1, 0.15) is 38.4 Å². The van der Waals surface area contributed by atoms with Gasteiger partial charge in [-0.2, -0.15) is 0 Å². The predicted molar refractivity (Wildman–Crippen MR) is 68.6 cm³/mol. The quantitative estimate of drug-likeness (QED) is 0.732. The number of hydrogen-bond acceptors (Lipinski definition) is 4. The van der Waals surface area contributed by atoms with Crippen molar-refractivity contribution in [1.82, 2.24) is 15.3 Å². The molecule has 1 aromatic heterocycles. The molecule has 1 saturated heterocycles. The molecule has 18 heavy (non-hydrogen) atoms. The predicted octanol–water partition coefficient (Wildman–Crippen LogP) is 0.584. The van der Waals surface area contributed by atoms with Gasteiger partial charge in [-0.05, 0) is 12.8 Å². The topological polar surface area (TPSA) is 86.9 Å². The van der Waals surface area contributed by atoms with Crippen LogP contribution >= 0.6 is 0 Å². The fourth-order valence-corrected chi connectivity index (χ4v) is 1.91. The van der Waals surface area contributed by atoms with Crippen LogP contribution in [-0.4, -0.2) is 28.5 Å². The van der Waals surface area contributed by atoms with E-state index < -0.39 is 0 Å². The van der Waals surface area contributed by atoms with Gasteiger partial charge in [-0.25, -0.2) is 4.98 Å². The normalized spacial score (nSPS) is 19.7. The Bertz CT molecular complexity index is 495. The van der Waals surface area contributed by atoms with E-state index in [1.54, 1.807) is 0 Å². The Morgan fingerprint density at radius 3 is 2.89 bits per heavy atom. The molecule has 0 radical (unpaired) electrons. The van der Waals surface area contributed by atoms with Crippen LogP contribution in [-0.2, 0) is 4.79 Å². The lowest BCUT2D eigenvalue weighted by Gasteiger charge is -2.23. The van der Waals surface area contributed by atoms with Crippen molar-refractivity contribution in [2.45, 2.75) is 38.6 Å². The maximum Gasteiger partial charge on any atom is 0.252 e. The van der Waals surface area contributed by atoms with Gasteiger partial charge >= 0.3 is 0 Å². The number of aromatic nitrogens is 2. The standard InChI is InChI=1S/C12H18N4O2/c1-7(2)11-15-9(6-10(17)16-11)14-8-4-3-5-13-12(8)18/h6-8H,3-5H2,1-2H3,(H,13,18)(H2,14,15,16,17). The summed E-state index contributed by atoms with van der Waals surface area (Å²) in [5, 5.41) is 5.81. The van der Waals surface area contributed by atoms with E-state index in [0.29, 0.717) is 11.6 Å². The Balaban J connectivity index is 2.18. The van der Waals surface area contributed by atoms with Gasteiger partial charge < -0.3 is 15.6 Å². The highest BCUT2D eigenvalue weighted by Gasteiger charge is 2.22. The third kappa shape index (κ3) is 2.88. The lowest BCUT2D eigenvalue weighted by atomic mass is 10.1. The van der Waals surface area contributed by atoms with Crippen LogP contribution in [0.3, 0.4) is 0 Å². The Hall–Kier alpha value is -1.85. The van der Waals surface area contributed by atoms with Crippen molar-refractivity contribution in [2.24, 2.45) is 0 Å². The fraction of sp³-hybridized carbons (Fsp3) is 0.583. The van der Waals surface area contributed by atoms with E-state index in [0.717, 1.165) is 19.4 Å². The molecule has 1 aromatic rings. The molecular weight excluding hydrogens is 232 g/mol. The van der Waals surface area contributed by atoms with E-state index in [4.69, 9.17) is 0 Å². The van der Waals surface area contributed by atoms with E-state index in [9.17, 15) is 9.59 Å². The highest BCUT2D eigenvalue weighted by Crippen LogP contribution is 2.12. The Labute approximate surface area is 105 Å². The van der Waals surface area contributed by atoms with E-state index >= 15 is 0 Å². The summed E-state index contributed by atoms with van der Waals surface area (Å²) in [5.41, 5.74) is -0.201. The number of carbonyl (C=O) groups excluding carboxylic acids is 1. The van der Waals surface area contributed by atoms with Crippen LogP contribution in [0.15, 0.2) is 10.9 Å². The molecule has 3 N–H and O–H groups in total. The van der Waals surface area contributed by atoms with Crippen LogP contribution in [0, 0.1) is 0 Å². The molecular formula is C12H18N4O2. The molecule has 1 amide bonds. The van der Waals surface area contributed by atoms with Crippen molar-refractivity contribution in [3.8, 4) is 0 Å². The average Bonchev–Trinajstić information content (AvgIpc) is 2.31. The van der Waals surface area contributed by atoms with Crippen molar-refractivity contribution in [3.05, 3.63) is 22.2 Å². The molecule has 1 fully saturated rings. The number of hydrogen-bond donors (Lipinski definition) is 3. The molecule has 0 aromatic carbocycles. The number of rotatable bonds is 3.